The molecular formula is C12H14BrN3. The molecule has 1 N–H and O–H groups in total. The maximum Gasteiger partial charge on any atom is 0.0795 e. The van der Waals surface area contributed by atoms with Gasteiger partial charge in [-0.3, -0.25) is 5.10 Å². The number of H-pyrrole nitrogens is 1. The average molecular weight is 280 g/mol. The number of aryl methyl sites for hydroxylation is 1. The molecule has 1 aromatic heterocycles. The third-order valence-electron chi connectivity index (χ3n) is 2.54. The third-order valence-corrected chi connectivity index (χ3v) is 3.52. The maximum atomic E-state index is 4.17. The molecule has 0 aliphatic rings. The molecule has 0 bridgehead atoms. The molecule has 2 rings (SSSR count). The molecule has 2 aromatic rings. The minimum absolute atomic E-state index is 0.978. The van der Waals surface area contributed by atoms with E-state index in [1.54, 1.807) is 0 Å². The summed E-state index contributed by atoms with van der Waals surface area (Å²) in [4.78, 5) is 2.08. The summed E-state index contributed by atoms with van der Waals surface area (Å²) in [5.41, 5.74) is 4.34. The van der Waals surface area contributed by atoms with Crippen molar-refractivity contribution >= 4 is 21.6 Å². The first-order chi connectivity index (χ1) is 7.59. The highest BCUT2D eigenvalue weighted by Gasteiger charge is 2.08. The van der Waals surface area contributed by atoms with E-state index in [0.29, 0.717) is 0 Å². The molecule has 3 nitrogen and oxygen atoms in total. The molecule has 1 aromatic carbocycles. The summed E-state index contributed by atoms with van der Waals surface area (Å²) < 4.78 is 1.03. The first kappa shape index (κ1) is 11.2. The third kappa shape index (κ3) is 1.97. The summed E-state index contributed by atoms with van der Waals surface area (Å²) in [5, 5.41) is 7.20. The summed E-state index contributed by atoms with van der Waals surface area (Å²) in [6.07, 6.45) is 0. The van der Waals surface area contributed by atoms with Crippen LogP contribution < -0.4 is 4.90 Å². The highest BCUT2D eigenvalue weighted by Crippen LogP contribution is 2.29. The van der Waals surface area contributed by atoms with E-state index in [0.717, 1.165) is 21.4 Å². The Bertz CT molecular complexity index is 485. The number of benzene rings is 1. The van der Waals surface area contributed by atoms with Gasteiger partial charge in [-0.05, 0) is 35.0 Å². The second-order valence-electron chi connectivity index (χ2n) is 3.94. The number of aromatic amines is 1. The van der Waals surface area contributed by atoms with E-state index in [1.807, 2.05) is 21.0 Å². The molecule has 0 aliphatic heterocycles. The lowest BCUT2D eigenvalue weighted by molar-refractivity contribution is 1.05. The second kappa shape index (κ2) is 4.29. The van der Waals surface area contributed by atoms with Gasteiger partial charge < -0.3 is 4.90 Å². The van der Waals surface area contributed by atoms with Gasteiger partial charge in [-0.25, -0.2) is 0 Å². The van der Waals surface area contributed by atoms with Crippen LogP contribution in [0.2, 0.25) is 0 Å². The number of rotatable bonds is 2. The molecule has 0 saturated carbocycles. The first-order valence-corrected chi connectivity index (χ1v) is 5.87. The molecule has 4 heteroatoms. The highest BCUT2D eigenvalue weighted by molar-refractivity contribution is 9.10. The van der Waals surface area contributed by atoms with Gasteiger partial charge in [-0.15, -0.1) is 0 Å². The van der Waals surface area contributed by atoms with Crippen LogP contribution in [0.25, 0.3) is 11.3 Å². The summed E-state index contributed by atoms with van der Waals surface area (Å²) in [5.74, 6) is 0. The lowest BCUT2D eigenvalue weighted by atomic mass is 10.1. The van der Waals surface area contributed by atoms with E-state index in [-0.39, 0.29) is 0 Å². The van der Waals surface area contributed by atoms with Crippen LogP contribution in [0.4, 0.5) is 5.69 Å². The zero-order valence-corrected chi connectivity index (χ0v) is 11.2. The van der Waals surface area contributed by atoms with Gasteiger partial charge in [0.15, 0.2) is 0 Å². The summed E-state index contributed by atoms with van der Waals surface area (Å²) in [6.45, 7) is 1.97. The molecule has 1 heterocycles. The Kier molecular flexibility index (Phi) is 3.01. The molecule has 0 saturated heterocycles. The molecule has 0 spiro atoms. The van der Waals surface area contributed by atoms with Gasteiger partial charge in [-0.2, -0.15) is 5.10 Å². The fourth-order valence-electron chi connectivity index (χ4n) is 1.54. The molecule has 0 radical (unpaired) electrons. The first-order valence-electron chi connectivity index (χ1n) is 5.08. The van der Waals surface area contributed by atoms with Crippen molar-refractivity contribution in [3.8, 4) is 11.3 Å². The molecule has 0 fully saturated rings. The number of hydrogen-bond donors (Lipinski definition) is 1. The molecular weight excluding hydrogens is 266 g/mol. The van der Waals surface area contributed by atoms with Gasteiger partial charge in [0.05, 0.1) is 15.9 Å². The number of hydrogen-bond acceptors (Lipinski definition) is 2. The summed E-state index contributed by atoms with van der Waals surface area (Å²) in [6, 6.07) is 8.37. The van der Waals surface area contributed by atoms with Crippen LogP contribution in [0.5, 0.6) is 0 Å². The van der Waals surface area contributed by atoms with Crippen molar-refractivity contribution < 1.29 is 0 Å². The quantitative estimate of drug-likeness (QED) is 0.916. The van der Waals surface area contributed by atoms with Crippen LogP contribution in [0.1, 0.15) is 5.69 Å². The van der Waals surface area contributed by atoms with Crippen molar-refractivity contribution in [2.45, 2.75) is 6.92 Å². The van der Waals surface area contributed by atoms with Crippen LogP contribution >= 0.6 is 15.9 Å². The molecule has 16 heavy (non-hydrogen) atoms. The fraction of sp³-hybridized carbons (Fsp3) is 0.250. The molecule has 0 unspecified atom stereocenters. The number of halogens is 1. The number of anilines is 1. The smallest absolute Gasteiger partial charge is 0.0795 e. The molecule has 84 valence electrons. The van der Waals surface area contributed by atoms with Crippen LogP contribution in [0.15, 0.2) is 28.7 Å². The highest BCUT2D eigenvalue weighted by atomic mass is 79.9. The van der Waals surface area contributed by atoms with E-state index < -0.39 is 0 Å². The molecule has 0 amide bonds. The average Bonchev–Trinajstić information content (AvgIpc) is 2.60. The van der Waals surface area contributed by atoms with Crippen LogP contribution in [-0.4, -0.2) is 24.3 Å². The topological polar surface area (TPSA) is 31.9 Å². The monoisotopic (exact) mass is 279 g/mol. The predicted octanol–water partition coefficient (Wildman–Crippen LogP) is 3.21. The van der Waals surface area contributed by atoms with Gasteiger partial charge in [0.1, 0.15) is 0 Å². The summed E-state index contributed by atoms with van der Waals surface area (Å²) >= 11 is 3.53. The largest absolute Gasteiger partial charge is 0.378 e. The molecule has 0 aliphatic carbocycles. The Balaban J connectivity index is 2.38. The Morgan fingerprint density at radius 3 is 2.25 bits per heavy atom. The van der Waals surface area contributed by atoms with Gasteiger partial charge in [-0.1, -0.05) is 12.1 Å². The standard InChI is InChI=1S/C12H14BrN3/c1-8-11(13)12(15-14-8)9-4-6-10(7-5-9)16(2)3/h4-7H,1-3H3,(H,14,15). The van der Waals surface area contributed by atoms with Crippen molar-refractivity contribution in [2.75, 3.05) is 19.0 Å². The number of nitrogens with one attached hydrogen (secondary N) is 1. The SMILES string of the molecule is Cc1n[nH]c(-c2ccc(N(C)C)cc2)c1Br. The zero-order valence-electron chi connectivity index (χ0n) is 9.58. The van der Waals surface area contributed by atoms with Gasteiger partial charge >= 0.3 is 0 Å². The van der Waals surface area contributed by atoms with Crippen LogP contribution in [0.3, 0.4) is 0 Å². The van der Waals surface area contributed by atoms with Crippen LogP contribution in [-0.2, 0) is 0 Å². The second-order valence-corrected chi connectivity index (χ2v) is 4.73. The van der Waals surface area contributed by atoms with Crippen molar-refractivity contribution in [1.29, 1.82) is 0 Å². The summed E-state index contributed by atoms with van der Waals surface area (Å²) in [7, 11) is 4.07. The fourth-order valence-corrected chi connectivity index (χ4v) is 1.94. The van der Waals surface area contributed by atoms with Crippen molar-refractivity contribution in [3.05, 3.63) is 34.4 Å². The van der Waals surface area contributed by atoms with Gasteiger partial charge in [0.25, 0.3) is 0 Å². The van der Waals surface area contributed by atoms with Crippen molar-refractivity contribution in [1.82, 2.24) is 10.2 Å². The number of aromatic nitrogens is 2. The van der Waals surface area contributed by atoms with Crippen molar-refractivity contribution in [3.63, 3.8) is 0 Å². The zero-order chi connectivity index (χ0) is 11.7. The van der Waals surface area contributed by atoms with Crippen LogP contribution in [0, 0.1) is 6.92 Å². The Labute approximate surface area is 104 Å². The lowest BCUT2D eigenvalue weighted by Gasteiger charge is -2.12. The van der Waals surface area contributed by atoms with E-state index in [4.69, 9.17) is 0 Å². The minimum Gasteiger partial charge on any atom is -0.378 e. The minimum atomic E-state index is 0.978. The Morgan fingerprint density at radius 1 is 1.19 bits per heavy atom. The van der Waals surface area contributed by atoms with E-state index >= 15 is 0 Å². The van der Waals surface area contributed by atoms with E-state index in [1.165, 1.54) is 5.69 Å². The van der Waals surface area contributed by atoms with Gasteiger partial charge in [0, 0.05) is 25.3 Å². The lowest BCUT2D eigenvalue weighted by Crippen LogP contribution is -2.07. The van der Waals surface area contributed by atoms with Gasteiger partial charge in [0.2, 0.25) is 0 Å². The maximum absolute atomic E-state index is 4.17. The Hall–Kier alpha value is -1.29. The molecule has 0 atom stereocenters. The van der Waals surface area contributed by atoms with Crippen molar-refractivity contribution in [2.24, 2.45) is 0 Å². The Morgan fingerprint density at radius 2 is 1.81 bits per heavy atom. The number of nitrogens with zero attached hydrogens (tertiary/aromatic N) is 2. The van der Waals surface area contributed by atoms with E-state index in [2.05, 4.69) is 55.3 Å². The van der Waals surface area contributed by atoms with E-state index in [9.17, 15) is 0 Å². The predicted molar refractivity (Wildman–Crippen MR) is 70.8 cm³/mol. The normalized spacial score (nSPS) is 10.5.